The van der Waals surface area contributed by atoms with Gasteiger partial charge in [-0.25, -0.2) is 9.79 Å². The number of rotatable bonds is 7. The quantitative estimate of drug-likeness (QED) is 0.215. The van der Waals surface area contributed by atoms with Crippen molar-refractivity contribution in [3.05, 3.63) is 129 Å². The molecule has 0 unspecified atom stereocenters. The maximum absolute atomic E-state index is 14.0. The van der Waals surface area contributed by atoms with Gasteiger partial charge in [0.15, 0.2) is 4.80 Å². The van der Waals surface area contributed by atoms with Crippen LogP contribution < -0.4 is 19.6 Å². The summed E-state index contributed by atoms with van der Waals surface area (Å²) in [7, 11) is 0. The Morgan fingerprint density at radius 3 is 2.49 bits per heavy atom. The lowest BCUT2D eigenvalue weighted by molar-refractivity contribution is -0.139. The highest BCUT2D eigenvalue weighted by Gasteiger charge is 2.33. The van der Waals surface area contributed by atoms with E-state index in [1.54, 1.807) is 38.1 Å². The standard InChI is InChI=1S/C31H25Cl3N2O4S/c1-4-39-30(38)26-18(3)35-31-36(27(26)19-11-9-17(2)10-12-19)29(37)25(41-31)14-21-13-22(32)15-24(34)28(21)40-16-20-7-5-6-8-23(20)33/h5-15,27H,4,16H2,1-3H3/b25-14-/t27-/m1/s1. The number of esters is 1. The van der Waals surface area contributed by atoms with Crippen LogP contribution in [0.4, 0.5) is 0 Å². The molecule has 1 aliphatic heterocycles. The SMILES string of the molecule is CCOC(=O)C1=C(C)N=c2s/c(=C\c3cc(Cl)cc(Cl)c3OCc3ccccc3Cl)c(=O)n2[C@@H]1c1ccc(C)cc1. The lowest BCUT2D eigenvalue weighted by Gasteiger charge is -2.24. The van der Waals surface area contributed by atoms with Gasteiger partial charge in [0.1, 0.15) is 12.4 Å². The van der Waals surface area contributed by atoms with Gasteiger partial charge in [0.25, 0.3) is 5.56 Å². The third-order valence-corrected chi connectivity index (χ3v) is 8.41. The minimum absolute atomic E-state index is 0.165. The van der Waals surface area contributed by atoms with E-state index in [1.165, 1.54) is 15.9 Å². The molecule has 6 nitrogen and oxygen atoms in total. The monoisotopic (exact) mass is 626 g/mol. The van der Waals surface area contributed by atoms with Gasteiger partial charge in [-0.1, -0.05) is 94.2 Å². The molecule has 0 amide bonds. The first-order chi connectivity index (χ1) is 19.7. The van der Waals surface area contributed by atoms with E-state index in [9.17, 15) is 9.59 Å². The second-order valence-electron chi connectivity index (χ2n) is 9.40. The zero-order valence-corrected chi connectivity index (χ0v) is 25.5. The fourth-order valence-electron chi connectivity index (χ4n) is 4.60. The Kier molecular flexibility index (Phi) is 8.71. The zero-order chi connectivity index (χ0) is 29.3. The number of ether oxygens (including phenoxy) is 2. The van der Waals surface area contributed by atoms with Crippen molar-refractivity contribution in [2.75, 3.05) is 6.61 Å². The smallest absolute Gasteiger partial charge is 0.338 e. The van der Waals surface area contributed by atoms with Crippen molar-refractivity contribution in [1.82, 2.24) is 4.57 Å². The van der Waals surface area contributed by atoms with Crippen LogP contribution >= 0.6 is 46.1 Å². The number of halogens is 3. The maximum Gasteiger partial charge on any atom is 0.338 e. The van der Waals surface area contributed by atoms with Crippen molar-refractivity contribution < 1.29 is 14.3 Å². The molecule has 1 aromatic heterocycles. The number of nitrogens with zero attached hydrogens (tertiary/aromatic N) is 2. The van der Waals surface area contributed by atoms with E-state index in [0.717, 1.165) is 16.7 Å². The number of aromatic nitrogens is 1. The van der Waals surface area contributed by atoms with Crippen molar-refractivity contribution >= 4 is 58.2 Å². The summed E-state index contributed by atoms with van der Waals surface area (Å²) < 4.78 is 13.4. The van der Waals surface area contributed by atoms with Crippen LogP contribution in [0.1, 0.15) is 42.1 Å². The first-order valence-corrected chi connectivity index (χ1v) is 14.7. The van der Waals surface area contributed by atoms with Gasteiger partial charge < -0.3 is 9.47 Å². The molecule has 4 aromatic rings. The van der Waals surface area contributed by atoms with Crippen LogP contribution in [0.2, 0.25) is 15.1 Å². The molecule has 0 fully saturated rings. The third-order valence-electron chi connectivity index (χ3n) is 6.56. The fourth-order valence-corrected chi connectivity index (χ4v) is 6.39. The number of carbonyl (C=O) groups is 1. The number of aryl methyl sites for hydroxylation is 1. The Hall–Kier alpha value is -3.36. The maximum atomic E-state index is 14.0. The minimum atomic E-state index is -0.702. The Morgan fingerprint density at radius 1 is 1.05 bits per heavy atom. The molecular formula is C31H25Cl3N2O4S. The molecule has 1 aliphatic rings. The van der Waals surface area contributed by atoms with Gasteiger partial charge in [0.2, 0.25) is 0 Å². The van der Waals surface area contributed by atoms with Crippen LogP contribution in [0.3, 0.4) is 0 Å². The first kappa shape index (κ1) is 29.1. The summed E-state index contributed by atoms with van der Waals surface area (Å²) in [5.74, 6) is -0.147. The summed E-state index contributed by atoms with van der Waals surface area (Å²) in [5.41, 5.74) is 3.64. The van der Waals surface area contributed by atoms with Gasteiger partial charge in [-0.05, 0) is 50.6 Å². The Balaban J connectivity index is 1.65. The average Bonchev–Trinajstić information content (AvgIpc) is 3.23. The molecule has 0 bridgehead atoms. The first-order valence-electron chi connectivity index (χ1n) is 12.8. The van der Waals surface area contributed by atoms with E-state index in [1.807, 2.05) is 49.4 Å². The van der Waals surface area contributed by atoms with Gasteiger partial charge in [0.05, 0.1) is 33.5 Å². The largest absolute Gasteiger partial charge is 0.487 e. The van der Waals surface area contributed by atoms with E-state index in [-0.39, 0.29) is 18.8 Å². The van der Waals surface area contributed by atoms with Gasteiger partial charge in [-0.2, -0.15) is 0 Å². The number of hydrogen-bond acceptors (Lipinski definition) is 6. The molecule has 0 N–H and O–H groups in total. The predicted octanol–water partition coefficient (Wildman–Crippen LogP) is 6.65. The van der Waals surface area contributed by atoms with E-state index < -0.39 is 12.0 Å². The molecule has 0 spiro atoms. The van der Waals surface area contributed by atoms with Gasteiger partial charge >= 0.3 is 5.97 Å². The van der Waals surface area contributed by atoms with Gasteiger partial charge in [-0.3, -0.25) is 9.36 Å². The minimum Gasteiger partial charge on any atom is -0.487 e. The average molecular weight is 628 g/mol. The molecule has 41 heavy (non-hydrogen) atoms. The van der Waals surface area contributed by atoms with Crippen LogP contribution in [-0.4, -0.2) is 17.1 Å². The molecule has 2 heterocycles. The van der Waals surface area contributed by atoms with Crippen molar-refractivity contribution in [1.29, 1.82) is 0 Å². The molecule has 5 rings (SSSR count). The molecule has 1 atom stereocenters. The van der Waals surface area contributed by atoms with E-state index >= 15 is 0 Å². The molecule has 0 radical (unpaired) electrons. The Bertz CT molecular complexity index is 1860. The summed E-state index contributed by atoms with van der Waals surface area (Å²) in [6.07, 6.45) is 1.68. The second kappa shape index (κ2) is 12.2. The third kappa shape index (κ3) is 5.99. The topological polar surface area (TPSA) is 69.9 Å². The number of hydrogen-bond donors (Lipinski definition) is 0. The molecular weight excluding hydrogens is 603 g/mol. The number of carbonyl (C=O) groups excluding carboxylic acids is 1. The van der Waals surface area contributed by atoms with Crippen LogP contribution in [0.5, 0.6) is 5.75 Å². The van der Waals surface area contributed by atoms with Crippen molar-refractivity contribution in [2.24, 2.45) is 4.99 Å². The summed E-state index contributed by atoms with van der Waals surface area (Å²) in [5, 5.41) is 1.25. The fraction of sp³-hybridized carbons (Fsp3) is 0.194. The van der Waals surface area contributed by atoms with Gasteiger partial charge in [0, 0.05) is 21.2 Å². The summed E-state index contributed by atoms with van der Waals surface area (Å²) in [6, 6.07) is 17.6. The van der Waals surface area contributed by atoms with E-state index in [2.05, 4.69) is 4.99 Å². The lowest BCUT2D eigenvalue weighted by Crippen LogP contribution is -2.39. The molecule has 0 saturated heterocycles. The Morgan fingerprint density at radius 2 is 1.78 bits per heavy atom. The van der Waals surface area contributed by atoms with Crippen molar-refractivity contribution in [3.63, 3.8) is 0 Å². The van der Waals surface area contributed by atoms with Gasteiger partial charge in [-0.15, -0.1) is 0 Å². The van der Waals surface area contributed by atoms with Crippen LogP contribution in [0.25, 0.3) is 6.08 Å². The number of allylic oxidation sites excluding steroid dienone is 1. The van der Waals surface area contributed by atoms with Crippen LogP contribution in [0.15, 0.2) is 81.7 Å². The molecule has 3 aromatic carbocycles. The number of fused-ring (bicyclic) bond motifs is 1. The lowest BCUT2D eigenvalue weighted by atomic mass is 9.95. The summed E-state index contributed by atoms with van der Waals surface area (Å²) in [4.78, 5) is 32.2. The van der Waals surface area contributed by atoms with Crippen LogP contribution in [0, 0.1) is 6.92 Å². The molecule has 210 valence electrons. The highest BCUT2D eigenvalue weighted by Crippen LogP contribution is 2.34. The predicted molar refractivity (Wildman–Crippen MR) is 164 cm³/mol. The normalized spacial score (nSPS) is 15.0. The molecule has 0 aliphatic carbocycles. The molecule has 0 saturated carbocycles. The number of thiazole rings is 1. The summed E-state index contributed by atoms with van der Waals surface area (Å²) in [6.45, 7) is 5.84. The van der Waals surface area contributed by atoms with Crippen molar-refractivity contribution in [3.8, 4) is 5.75 Å². The zero-order valence-electron chi connectivity index (χ0n) is 22.4. The second-order valence-corrected chi connectivity index (χ2v) is 11.7. The Labute approximate surface area is 255 Å². The summed E-state index contributed by atoms with van der Waals surface area (Å²) >= 11 is 20.4. The highest BCUT2D eigenvalue weighted by atomic mass is 35.5. The van der Waals surface area contributed by atoms with E-state index in [0.29, 0.717) is 47.0 Å². The van der Waals surface area contributed by atoms with Crippen molar-refractivity contribution in [2.45, 2.75) is 33.4 Å². The number of benzene rings is 3. The highest BCUT2D eigenvalue weighted by molar-refractivity contribution is 7.07. The van der Waals surface area contributed by atoms with Crippen LogP contribution in [-0.2, 0) is 16.1 Å². The molecule has 10 heteroatoms. The van der Waals surface area contributed by atoms with E-state index in [4.69, 9.17) is 44.3 Å².